The highest BCUT2D eigenvalue weighted by atomic mass is 16.5. The first-order chi connectivity index (χ1) is 15.4. The quantitative estimate of drug-likeness (QED) is 0.449. The molecular weight excluding hydrogens is 410 g/mol. The van der Waals surface area contributed by atoms with Crippen LogP contribution >= 0.6 is 0 Å². The van der Waals surface area contributed by atoms with E-state index >= 15 is 0 Å². The number of nitrogens with one attached hydrogen (secondary N) is 2. The van der Waals surface area contributed by atoms with Crippen LogP contribution in [0.4, 0.5) is 5.82 Å². The van der Waals surface area contributed by atoms with E-state index in [1.165, 1.54) is 4.68 Å². The number of benzene rings is 1. The SMILES string of the molecule is Cc1cc(C)nc(-n2nc(C)cc2NC(=O)COC(=O)c2cc(-c3ccccc3)n[nH]2)n1. The molecule has 0 saturated heterocycles. The van der Waals surface area contributed by atoms with Gasteiger partial charge in [0.25, 0.3) is 11.9 Å². The Morgan fingerprint density at radius 2 is 1.72 bits per heavy atom. The summed E-state index contributed by atoms with van der Waals surface area (Å²) in [5.41, 5.74) is 3.85. The summed E-state index contributed by atoms with van der Waals surface area (Å²) in [5.74, 6) is -0.487. The third kappa shape index (κ3) is 4.69. The number of H-pyrrole nitrogens is 1. The summed E-state index contributed by atoms with van der Waals surface area (Å²) in [6.45, 7) is 5.02. The number of aromatic nitrogens is 6. The monoisotopic (exact) mass is 431 g/mol. The van der Waals surface area contributed by atoms with Gasteiger partial charge in [0.15, 0.2) is 6.61 Å². The van der Waals surface area contributed by atoms with Crippen molar-refractivity contribution in [2.24, 2.45) is 0 Å². The van der Waals surface area contributed by atoms with Crippen LogP contribution in [0.15, 0.2) is 48.5 Å². The number of amides is 1. The first-order valence-electron chi connectivity index (χ1n) is 9.86. The number of aryl methyl sites for hydroxylation is 3. The van der Waals surface area contributed by atoms with Gasteiger partial charge in [0.1, 0.15) is 11.5 Å². The van der Waals surface area contributed by atoms with Crippen molar-refractivity contribution in [3.8, 4) is 17.2 Å². The Bertz CT molecular complexity index is 1260. The number of carbonyl (C=O) groups is 2. The number of carbonyl (C=O) groups excluding carboxylic acids is 2. The fourth-order valence-electron chi connectivity index (χ4n) is 3.11. The standard InChI is InChI=1S/C22H21N7O3/c1-13-9-14(2)24-22(23-13)29-19(10-15(3)28-29)25-20(30)12-32-21(31)18-11-17(26-27-18)16-7-5-4-6-8-16/h4-11H,12H2,1-3H3,(H,25,30)(H,26,27). The van der Waals surface area contributed by atoms with Gasteiger partial charge in [-0.05, 0) is 32.9 Å². The molecule has 10 nitrogen and oxygen atoms in total. The minimum atomic E-state index is -0.683. The number of aromatic amines is 1. The molecule has 162 valence electrons. The second-order valence-corrected chi connectivity index (χ2v) is 7.19. The highest BCUT2D eigenvalue weighted by molar-refractivity contribution is 5.94. The average molecular weight is 431 g/mol. The van der Waals surface area contributed by atoms with Crippen LogP contribution in [0.3, 0.4) is 0 Å². The Morgan fingerprint density at radius 1 is 1.00 bits per heavy atom. The fourth-order valence-corrected chi connectivity index (χ4v) is 3.11. The van der Waals surface area contributed by atoms with Gasteiger partial charge in [-0.25, -0.2) is 14.8 Å². The molecule has 2 N–H and O–H groups in total. The van der Waals surface area contributed by atoms with Crippen LogP contribution in [0, 0.1) is 20.8 Å². The van der Waals surface area contributed by atoms with Crippen molar-refractivity contribution in [2.75, 3.05) is 11.9 Å². The molecule has 0 bridgehead atoms. The zero-order valence-corrected chi connectivity index (χ0v) is 17.8. The maximum atomic E-state index is 12.4. The van der Waals surface area contributed by atoms with Crippen molar-refractivity contribution in [1.29, 1.82) is 0 Å². The third-order valence-corrected chi connectivity index (χ3v) is 4.46. The maximum Gasteiger partial charge on any atom is 0.356 e. The van der Waals surface area contributed by atoms with Crippen LogP contribution in [0.1, 0.15) is 27.6 Å². The number of rotatable bonds is 6. The zero-order valence-electron chi connectivity index (χ0n) is 17.8. The molecule has 4 aromatic rings. The van der Waals surface area contributed by atoms with Crippen LogP contribution < -0.4 is 5.32 Å². The van der Waals surface area contributed by atoms with E-state index in [0.29, 0.717) is 23.2 Å². The molecule has 1 amide bonds. The average Bonchev–Trinajstić information content (AvgIpc) is 3.39. The Labute approximate surface area is 183 Å². The molecule has 0 aliphatic heterocycles. The number of esters is 1. The minimum absolute atomic E-state index is 0.154. The molecule has 0 unspecified atom stereocenters. The topological polar surface area (TPSA) is 128 Å². The second-order valence-electron chi connectivity index (χ2n) is 7.19. The van der Waals surface area contributed by atoms with Crippen LogP contribution in [0.25, 0.3) is 17.2 Å². The van der Waals surface area contributed by atoms with Crippen LogP contribution in [-0.4, -0.2) is 48.4 Å². The lowest BCUT2D eigenvalue weighted by atomic mass is 10.1. The van der Waals surface area contributed by atoms with E-state index in [9.17, 15) is 9.59 Å². The number of hydrogen-bond acceptors (Lipinski definition) is 7. The number of anilines is 1. The predicted octanol–water partition coefficient (Wildman–Crippen LogP) is 2.77. The van der Waals surface area contributed by atoms with E-state index in [2.05, 4.69) is 30.6 Å². The van der Waals surface area contributed by atoms with Crippen molar-refractivity contribution in [1.82, 2.24) is 29.9 Å². The minimum Gasteiger partial charge on any atom is -0.451 e. The molecule has 0 radical (unpaired) electrons. The van der Waals surface area contributed by atoms with Gasteiger partial charge < -0.3 is 10.1 Å². The summed E-state index contributed by atoms with van der Waals surface area (Å²) in [6.07, 6.45) is 0. The summed E-state index contributed by atoms with van der Waals surface area (Å²) in [5, 5.41) is 13.8. The Balaban J connectivity index is 1.41. The van der Waals surface area contributed by atoms with Crippen LogP contribution in [0.2, 0.25) is 0 Å². The molecule has 0 fully saturated rings. The molecular formula is C22H21N7O3. The van der Waals surface area contributed by atoms with Crippen molar-refractivity contribution in [2.45, 2.75) is 20.8 Å². The summed E-state index contributed by atoms with van der Waals surface area (Å²) in [4.78, 5) is 33.4. The maximum absolute atomic E-state index is 12.4. The number of ether oxygens (including phenoxy) is 1. The van der Waals surface area contributed by atoms with Gasteiger partial charge >= 0.3 is 5.97 Å². The summed E-state index contributed by atoms with van der Waals surface area (Å²) < 4.78 is 6.56. The van der Waals surface area contributed by atoms with Gasteiger partial charge in [0.05, 0.1) is 11.4 Å². The van der Waals surface area contributed by atoms with E-state index in [0.717, 1.165) is 17.0 Å². The summed E-state index contributed by atoms with van der Waals surface area (Å²) >= 11 is 0. The zero-order chi connectivity index (χ0) is 22.7. The molecule has 0 atom stereocenters. The van der Waals surface area contributed by atoms with Crippen molar-refractivity contribution >= 4 is 17.7 Å². The van der Waals surface area contributed by atoms with Gasteiger partial charge in [0.2, 0.25) is 0 Å². The predicted molar refractivity (Wildman–Crippen MR) is 116 cm³/mol. The van der Waals surface area contributed by atoms with E-state index < -0.39 is 18.5 Å². The lowest BCUT2D eigenvalue weighted by Gasteiger charge is -2.09. The molecule has 3 aromatic heterocycles. The van der Waals surface area contributed by atoms with E-state index in [1.54, 1.807) is 19.1 Å². The Kier molecular flexibility index (Phi) is 5.75. The Morgan fingerprint density at radius 3 is 2.44 bits per heavy atom. The van der Waals surface area contributed by atoms with Crippen molar-refractivity contribution in [3.05, 3.63) is 71.3 Å². The van der Waals surface area contributed by atoms with Gasteiger partial charge in [0, 0.05) is 23.0 Å². The third-order valence-electron chi connectivity index (χ3n) is 4.46. The smallest absolute Gasteiger partial charge is 0.356 e. The number of nitrogens with zero attached hydrogens (tertiary/aromatic N) is 5. The summed E-state index contributed by atoms with van der Waals surface area (Å²) in [6, 6.07) is 14.5. The van der Waals surface area contributed by atoms with Crippen LogP contribution in [-0.2, 0) is 9.53 Å². The molecule has 4 rings (SSSR count). The largest absolute Gasteiger partial charge is 0.451 e. The Hall–Kier alpha value is -4.34. The van der Waals surface area contributed by atoms with Crippen molar-refractivity contribution in [3.63, 3.8) is 0 Å². The first-order valence-corrected chi connectivity index (χ1v) is 9.86. The van der Waals surface area contributed by atoms with E-state index in [1.807, 2.05) is 50.2 Å². The van der Waals surface area contributed by atoms with Gasteiger partial charge in [-0.1, -0.05) is 30.3 Å². The normalized spacial score (nSPS) is 10.7. The molecule has 0 saturated carbocycles. The lowest BCUT2D eigenvalue weighted by molar-refractivity contribution is -0.119. The highest BCUT2D eigenvalue weighted by Crippen LogP contribution is 2.18. The second kappa shape index (κ2) is 8.80. The number of hydrogen-bond donors (Lipinski definition) is 2. The van der Waals surface area contributed by atoms with Crippen LogP contribution in [0.5, 0.6) is 0 Å². The first kappa shape index (κ1) is 20.9. The molecule has 0 spiro atoms. The molecule has 10 heteroatoms. The van der Waals surface area contributed by atoms with E-state index in [-0.39, 0.29) is 5.69 Å². The molecule has 3 heterocycles. The fraction of sp³-hybridized carbons (Fsp3) is 0.182. The summed E-state index contributed by atoms with van der Waals surface area (Å²) in [7, 11) is 0. The lowest BCUT2D eigenvalue weighted by Crippen LogP contribution is -2.23. The van der Waals surface area contributed by atoms with Crippen molar-refractivity contribution < 1.29 is 14.3 Å². The van der Waals surface area contributed by atoms with Gasteiger partial charge in [-0.2, -0.15) is 14.9 Å². The molecule has 0 aliphatic rings. The highest BCUT2D eigenvalue weighted by Gasteiger charge is 2.17. The molecule has 32 heavy (non-hydrogen) atoms. The molecule has 0 aliphatic carbocycles. The van der Waals surface area contributed by atoms with Gasteiger partial charge in [-0.3, -0.25) is 9.89 Å². The van der Waals surface area contributed by atoms with Gasteiger partial charge in [-0.15, -0.1) is 0 Å². The molecule has 1 aromatic carbocycles. The van der Waals surface area contributed by atoms with E-state index in [4.69, 9.17) is 4.74 Å².